The zero-order valence-corrected chi connectivity index (χ0v) is 13.0. The highest BCUT2D eigenvalue weighted by Crippen LogP contribution is 2.27. The summed E-state index contributed by atoms with van der Waals surface area (Å²) in [5, 5.41) is 10.2. The highest BCUT2D eigenvalue weighted by molar-refractivity contribution is 7.99. The summed E-state index contributed by atoms with van der Waals surface area (Å²) in [6, 6.07) is 5.83. The molecule has 1 N–H and O–H groups in total. The molecule has 4 rings (SSSR count). The first-order valence-electron chi connectivity index (χ1n) is 7.28. The average molecular weight is 316 g/mol. The third-order valence-corrected chi connectivity index (χ3v) is 4.79. The number of ether oxygens (including phenoxy) is 2. The van der Waals surface area contributed by atoms with Crippen LogP contribution in [0.1, 0.15) is 12.8 Å². The number of fused-ring (bicyclic) bond motifs is 3. The monoisotopic (exact) mass is 316 g/mol. The zero-order valence-electron chi connectivity index (χ0n) is 12.2. The van der Waals surface area contributed by atoms with Crippen LogP contribution in [0.5, 0.6) is 5.75 Å². The number of aromatic amines is 1. The fraction of sp³-hybridized carbons (Fsp3) is 0.400. The van der Waals surface area contributed by atoms with Crippen LogP contribution in [0.2, 0.25) is 0 Å². The van der Waals surface area contributed by atoms with Gasteiger partial charge in [-0.2, -0.15) is 0 Å². The van der Waals surface area contributed by atoms with Crippen LogP contribution in [-0.4, -0.2) is 45.7 Å². The topological polar surface area (TPSA) is 72.9 Å². The van der Waals surface area contributed by atoms with Crippen LogP contribution in [0.3, 0.4) is 0 Å². The molecule has 1 aromatic carbocycles. The Morgan fingerprint density at radius 1 is 1.41 bits per heavy atom. The van der Waals surface area contributed by atoms with Crippen molar-refractivity contribution in [3.05, 3.63) is 18.2 Å². The molecule has 0 spiro atoms. The van der Waals surface area contributed by atoms with Crippen molar-refractivity contribution in [3.63, 3.8) is 0 Å². The van der Waals surface area contributed by atoms with Gasteiger partial charge in [-0.25, -0.2) is 4.98 Å². The second-order valence-corrected chi connectivity index (χ2v) is 6.26. The molecule has 2 aromatic heterocycles. The molecule has 1 fully saturated rings. The molecule has 0 aliphatic carbocycles. The van der Waals surface area contributed by atoms with E-state index >= 15 is 0 Å². The van der Waals surface area contributed by atoms with E-state index in [4.69, 9.17) is 9.47 Å². The lowest BCUT2D eigenvalue weighted by Crippen LogP contribution is -2.08. The number of nitrogens with zero attached hydrogens (tertiary/aromatic N) is 3. The number of benzene rings is 1. The first-order chi connectivity index (χ1) is 10.8. The Bertz CT molecular complexity index is 814. The van der Waals surface area contributed by atoms with E-state index in [0.29, 0.717) is 11.3 Å². The summed E-state index contributed by atoms with van der Waals surface area (Å²) in [5.74, 6) is 1.67. The second-order valence-electron chi connectivity index (χ2n) is 5.27. The summed E-state index contributed by atoms with van der Waals surface area (Å²) in [6.45, 7) is 0.868. The highest BCUT2D eigenvalue weighted by atomic mass is 32.2. The van der Waals surface area contributed by atoms with Crippen LogP contribution in [0, 0.1) is 0 Å². The maximum Gasteiger partial charge on any atom is 0.211 e. The molecule has 1 aliphatic rings. The minimum atomic E-state index is 0.316. The van der Waals surface area contributed by atoms with Crippen molar-refractivity contribution < 1.29 is 9.47 Å². The molecule has 1 saturated heterocycles. The zero-order chi connectivity index (χ0) is 14.9. The number of thioether (sulfide) groups is 1. The first-order valence-corrected chi connectivity index (χ1v) is 8.26. The van der Waals surface area contributed by atoms with Crippen LogP contribution >= 0.6 is 11.8 Å². The largest absolute Gasteiger partial charge is 0.497 e. The quantitative estimate of drug-likeness (QED) is 0.746. The van der Waals surface area contributed by atoms with Crippen molar-refractivity contribution in [1.29, 1.82) is 0 Å². The Kier molecular flexibility index (Phi) is 3.59. The van der Waals surface area contributed by atoms with E-state index in [1.807, 2.05) is 18.2 Å². The Hall–Kier alpha value is -1.86. The van der Waals surface area contributed by atoms with E-state index in [1.165, 1.54) is 0 Å². The van der Waals surface area contributed by atoms with E-state index in [0.717, 1.165) is 53.0 Å². The maximum absolute atomic E-state index is 5.62. The molecule has 22 heavy (non-hydrogen) atoms. The van der Waals surface area contributed by atoms with Gasteiger partial charge < -0.3 is 14.5 Å². The molecule has 6 nitrogen and oxygen atoms in total. The molecule has 0 amide bonds. The van der Waals surface area contributed by atoms with Gasteiger partial charge in [-0.05, 0) is 31.0 Å². The number of aromatic nitrogens is 4. The van der Waals surface area contributed by atoms with Crippen molar-refractivity contribution in [2.24, 2.45) is 0 Å². The van der Waals surface area contributed by atoms with E-state index in [2.05, 4.69) is 20.2 Å². The summed E-state index contributed by atoms with van der Waals surface area (Å²) in [6.07, 6.45) is 2.58. The Balaban J connectivity index is 1.64. The van der Waals surface area contributed by atoms with Gasteiger partial charge in [-0.15, -0.1) is 10.2 Å². The van der Waals surface area contributed by atoms with Crippen molar-refractivity contribution in [2.75, 3.05) is 19.5 Å². The van der Waals surface area contributed by atoms with Crippen molar-refractivity contribution in [1.82, 2.24) is 20.2 Å². The van der Waals surface area contributed by atoms with Crippen LogP contribution < -0.4 is 4.74 Å². The normalized spacial score (nSPS) is 18.3. The molecular formula is C15H16N4O2S. The van der Waals surface area contributed by atoms with Crippen LogP contribution in [-0.2, 0) is 4.74 Å². The van der Waals surface area contributed by atoms with Gasteiger partial charge in [-0.3, -0.25) is 0 Å². The van der Waals surface area contributed by atoms with Gasteiger partial charge in [0.25, 0.3) is 0 Å². The molecule has 3 heterocycles. The summed E-state index contributed by atoms with van der Waals surface area (Å²) in [5.41, 5.74) is 2.52. The minimum absolute atomic E-state index is 0.316. The Morgan fingerprint density at radius 2 is 2.36 bits per heavy atom. The summed E-state index contributed by atoms with van der Waals surface area (Å²) in [7, 11) is 1.65. The molecule has 1 aliphatic heterocycles. The number of H-pyrrole nitrogens is 1. The molecule has 0 bridgehead atoms. The van der Waals surface area contributed by atoms with Crippen molar-refractivity contribution in [2.45, 2.75) is 24.1 Å². The van der Waals surface area contributed by atoms with E-state index in [9.17, 15) is 0 Å². The third-order valence-electron chi connectivity index (χ3n) is 3.82. The summed E-state index contributed by atoms with van der Waals surface area (Å²) >= 11 is 1.60. The lowest BCUT2D eigenvalue weighted by Gasteiger charge is -2.06. The van der Waals surface area contributed by atoms with E-state index in [1.54, 1.807) is 18.9 Å². The number of rotatable bonds is 4. The lowest BCUT2D eigenvalue weighted by atomic mass is 10.2. The predicted octanol–water partition coefficient (Wildman–Crippen LogP) is 2.79. The fourth-order valence-electron chi connectivity index (χ4n) is 2.67. The third kappa shape index (κ3) is 2.50. The average Bonchev–Trinajstić information content (AvgIpc) is 3.19. The number of hydrogen-bond donors (Lipinski definition) is 1. The van der Waals surface area contributed by atoms with Gasteiger partial charge >= 0.3 is 0 Å². The molecule has 3 aromatic rings. The summed E-state index contributed by atoms with van der Waals surface area (Å²) < 4.78 is 10.9. The second kappa shape index (κ2) is 5.73. The molecule has 114 valence electrons. The molecule has 7 heteroatoms. The van der Waals surface area contributed by atoms with Gasteiger partial charge in [0.1, 0.15) is 11.3 Å². The molecule has 0 radical (unpaired) electrons. The van der Waals surface area contributed by atoms with E-state index < -0.39 is 0 Å². The highest BCUT2D eigenvalue weighted by Gasteiger charge is 2.17. The Morgan fingerprint density at radius 3 is 3.18 bits per heavy atom. The first kappa shape index (κ1) is 13.8. The maximum atomic E-state index is 5.62. The number of methoxy groups -OCH3 is 1. The van der Waals surface area contributed by atoms with Gasteiger partial charge in [0.15, 0.2) is 5.65 Å². The van der Waals surface area contributed by atoms with E-state index in [-0.39, 0.29) is 0 Å². The lowest BCUT2D eigenvalue weighted by molar-refractivity contribution is 0.129. The fourth-order valence-corrected chi connectivity index (χ4v) is 3.52. The summed E-state index contributed by atoms with van der Waals surface area (Å²) in [4.78, 5) is 7.85. The van der Waals surface area contributed by atoms with Crippen molar-refractivity contribution >= 4 is 33.8 Å². The number of nitrogens with one attached hydrogen (secondary N) is 1. The van der Waals surface area contributed by atoms with Gasteiger partial charge in [0.2, 0.25) is 5.16 Å². The van der Waals surface area contributed by atoms with Crippen LogP contribution in [0.25, 0.3) is 22.1 Å². The van der Waals surface area contributed by atoms with Crippen LogP contribution in [0.15, 0.2) is 23.4 Å². The molecule has 1 unspecified atom stereocenters. The standard InChI is InChI=1S/C15H16N4O2S/c1-20-9-4-5-12-11(7-9)13-14(16-12)17-15(19-18-13)22-8-10-3-2-6-21-10/h4-5,7,10H,2-3,6,8H2,1H3,(H,16,17,19). The molecule has 0 saturated carbocycles. The number of hydrogen-bond acceptors (Lipinski definition) is 6. The molecule has 1 atom stereocenters. The van der Waals surface area contributed by atoms with Gasteiger partial charge in [0.05, 0.1) is 13.2 Å². The van der Waals surface area contributed by atoms with Gasteiger partial charge in [0, 0.05) is 23.3 Å². The molecular weight excluding hydrogens is 300 g/mol. The predicted molar refractivity (Wildman–Crippen MR) is 85.4 cm³/mol. The van der Waals surface area contributed by atoms with Gasteiger partial charge in [-0.1, -0.05) is 11.8 Å². The van der Waals surface area contributed by atoms with Crippen molar-refractivity contribution in [3.8, 4) is 5.75 Å². The SMILES string of the molecule is COc1ccc2[nH]c3nc(SCC4CCCO4)nnc3c2c1. The Labute approximate surface area is 131 Å². The minimum Gasteiger partial charge on any atom is -0.497 e. The van der Waals surface area contributed by atoms with Crippen LogP contribution in [0.4, 0.5) is 0 Å². The smallest absolute Gasteiger partial charge is 0.211 e.